The predicted molar refractivity (Wildman–Crippen MR) is 82.6 cm³/mol. The van der Waals surface area contributed by atoms with E-state index in [1.165, 1.54) is 6.07 Å². The van der Waals surface area contributed by atoms with Gasteiger partial charge in [-0.15, -0.1) is 0 Å². The van der Waals surface area contributed by atoms with Crippen LogP contribution in [0.4, 0.5) is 4.39 Å². The lowest BCUT2D eigenvalue weighted by Gasteiger charge is -2.05. The maximum Gasteiger partial charge on any atom is 0.228 e. The zero-order valence-corrected chi connectivity index (χ0v) is 12.7. The standard InChI is InChI=1S/C17H12BrFNO/c18-12-4-3-9-20(10-12)11-17(21)15-7-8-16(19)14-6-2-1-5-13(14)15/h1-10H,11H2/q+1. The normalized spacial score (nSPS) is 10.8. The number of rotatable bonds is 3. The minimum Gasteiger partial charge on any atom is -0.287 e. The number of pyridine rings is 1. The van der Waals surface area contributed by atoms with Crippen molar-refractivity contribution < 1.29 is 13.8 Å². The second-order valence-electron chi connectivity index (χ2n) is 4.76. The summed E-state index contributed by atoms with van der Waals surface area (Å²) in [6.45, 7) is 0.217. The molecule has 0 saturated carbocycles. The molecule has 4 heteroatoms. The minimum atomic E-state index is -0.308. The number of carbonyl (C=O) groups is 1. The van der Waals surface area contributed by atoms with Crippen LogP contribution in [0.25, 0.3) is 10.8 Å². The maximum absolute atomic E-state index is 13.8. The minimum absolute atomic E-state index is 0.0469. The number of Topliss-reactive ketones (excluding diaryl/α,β-unsaturated/α-hetero) is 1. The van der Waals surface area contributed by atoms with E-state index in [9.17, 15) is 9.18 Å². The molecule has 21 heavy (non-hydrogen) atoms. The molecular weight excluding hydrogens is 333 g/mol. The second kappa shape index (κ2) is 5.74. The van der Waals surface area contributed by atoms with Crippen molar-refractivity contribution in [3.05, 3.63) is 76.8 Å². The van der Waals surface area contributed by atoms with Gasteiger partial charge in [0.15, 0.2) is 12.4 Å². The highest BCUT2D eigenvalue weighted by Crippen LogP contribution is 2.22. The smallest absolute Gasteiger partial charge is 0.228 e. The zero-order chi connectivity index (χ0) is 14.8. The number of fused-ring (bicyclic) bond motifs is 1. The van der Waals surface area contributed by atoms with Gasteiger partial charge >= 0.3 is 0 Å². The number of ketones is 1. The maximum atomic E-state index is 13.8. The monoisotopic (exact) mass is 344 g/mol. The van der Waals surface area contributed by atoms with E-state index in [1.54, 1.807) is 28.8 Å². The number of hydrogen-bond acceptors (Lipinski definition) is 1. The number of halogens is 2. The first kappa shape index (κ1) is 13.9. The largest absolute Gasteiger partial charge is 0.287 e. The van der Waals surface area contributed by atoms with Crippen molar-refractivity contribution in [2.24, 2.45) is 0 Å². The fraction of sp³-hybridized carbons (Fsp3) is 0.0588. The molecule has 0 saturated heterocycles. The van der Waals surface area contributed by atoms with E-state index in [2.05, 4.69) is 15.9 Å². The second-order valence-corrected chi connectivity index (χ2v) is 5.67. The van der Waals surface area contributed by atoms with Crippen LogP contribution >= 0.6 is 15.9 Å². The summed E-state index contributed by atoms with van der Waals surface area (Å²) in [5.41, 5.74) is 0.541. The quantitative estimate of drug-likeness (QED) is 0.521. The van der Waals surface area contributed by atoms with E-state index in [-0.39, 0.29) is 18.1 Å². The van der Waals surface area contributed by atoms with Gasteiger partial charge in [0, 0.05) is 17.0 Å². The average molecular weight is 345 g/mol. The third-order valence-electron chi connectivity index (χ3n) is 3.32. The Balaban J connectivity index is 2.01. The summed E-state index contributed by atoms with van der Waals surface area (Å²) in [5.74, 6) is -0.355. The van der Waals surface area contributed by atoms with Crippen molar-refractivity contribution in [2.45, 2.75) is 6.54 Å². The van der Waals surface area contributed by atoms with Crippen molar-refractivity contribution in [1.82, 2.24) is 0 Å². The Labute approximate surface area is 130 Å². The molecule has 0 N–H and O–H groups in total. The van der Waals surface area contributed by atoms with Crippen molar-refractivity contribution >= 4 is 32.5 Å². The lowest BCUT2D eigenvalue weighted by Crippen LogP contribution is -2.37. The molecule has 0 aliphatic rings. The van der Waals surface area contributed by atoms with E-state index in [1.807, 2.05) is 30.6 Å². The number of hydrogen-bond donors (Lipinski definition) is 0. The number of benzene rings is 2. The molecule has 0 spiro atoms. The first-order valence-electron chi connectivity index (χ1n) is 6.50. The molecule has 0 atom stereocenters. The summed E-state index contributed by atoms with van der Waals surface area (Å²) < 4.78 is 16.5. The summed E-state index contributed by atoms with van der Waals surface area (Å²) >= 11 is 3.38. The van der Waals surface area contributed by atoms with Crippen molar-refractivity contribution in [2.75, 3.05) is 0 Å². The Morgan fingerprint density at radius 1 is 1.05 bits per heavy atom. The van der Waals surface area contributed by atoms with E-state index in [0.717, 1.165) is 4.47 Å². The number of nitrogens with zero attached hydrogens (tertiary/aromatic N) is 1. The van der Waals surface area contributed by atoms with E-state index in [0.29, 0.717) is 16.3 Å². The van der Waals surface area contributed by atoms with E-state index >= 15 is 0 Å². The van der Waals surface area contributed by atoms with Crippen molar-refractivity contribution in [1.29, 1.82) is 0 Å². The first-order chi connectivity index (χ1) is 10.1. The Hall–Kier alpha value is -2.07. The predicted octanol–water partition coefficient (Wildman–Crippen LogP) is 3.91. The van der Waals surface area contributed by atoms with Crippen LogP contribution in [0.1, 0.15) is 10.4 Å². The van der Waals surface area contributed by atoms with E-state index in [4.69, 9.17) is 0 Å². The SMILES string of the molecule is O=C(C[n+]1cccc(Br)c1)c1ccc(F)c2ccccc12. The summed E-state index contributed by atoms with van der Waals surface area (Å²) in [6, 6.07) is 13.7. The van der Waals surface area contributed by atoms with Crippen molar-refractivity contribution in [3.8, 4) is 0 Å². The molecular formula is C17H12BrFNO+. The molecule has 0 radical (unpaired) electrons. The highest BCUT2D eigenvalue weighted by Gasteiger charge is 2.16. The first-order valence-corrected chi connectivity index (χ1v) is 7.29. The average Bonchev–Trinajstić information content (AvgIpc) is 2.48. The van der Waals surface area contributed by atoms with Crippen LogP contribution < -0.4 is 4.57 Å². The fourth-order valence-corrected chi connectivity index (χ4v) is 2.76. The molecule has 0 unspecified atom stereocenters. The molecule has 2 aromatic carbocycles. The summed E-state index contributed by atoms with van der Waals surface area (Å²) in [5, 5.41) is 1.13. The van der Waals surface area contributed by atoms with Crippen LogP contribution in [-0.4, -0.2) is 5.78 Å². The van der Waals surface area contributed by atoms with Gasteiger partial charge in [0.05, 0.1) is 4.47 Å². The van der Waals surface area contributed by atoms with Gasteiger partial charge in [0.1, 0.15) is 5.82 Å². The molecule has 0 amide bonds. The third kappa shape index (κ3) is 2.85. The van der Waals surface area contributed by atoms with Crippen LogP contribution in [0, 0.1) is 5.82 Å². The van der Waals surface area contributed by atoms with Gasteiger partial charge in [-0.1, -0.05) is 24.3 Å². The van der Waals surface area contributed by atoms with Crippen LogP contribution in [0.15, 0.2) is 65.4 Å². The van der Waals surface area contributed by atoms with Gasteiger partial charge in [-0.05, 0) is 39.5 Å². The van der Waals surface area contributed by atoms with E-state index < -0.39 is 0 Å². The number of aromatic nitrogens is 1. The summed E-state index contributed by atoms with van der Waals surface area (Å²) in [6.07, 6.45) is 3.66. The molecule has 3 rings (SSSR count). The topological polar surface area (TPSA) is 20.9 Å². The molecule has 1 heterocycles. The molecule has 0 aliphatic carbocycles. The van der Waals surface area contributed by atoms with Gasteiger partial charge in [-0.3, -0.25) is 4.79 Å². The highest BCUT2D eigenvalue weighted by molar-refractivity contribution is 9.10. The Kier molecular flexibility index (Phi) is 3.80. The lowest BCUT2D eigenvalue weighted by molar-refractivity contribution is -0.683. The van der Waals surface area contributed by atoms with Gasteiger partial charge in [0.25, 0.3) is 0 Å². The summed E-state index contributed by atoms with van der Waals surface area (Å²) in [4.78, 5) is 12.5. The molecule has 0 fully saturated rings. The van der Waals surface area contributed by atoms with Crippen LogP contribution in [0.3, 0.4) is 0 Å². The Bertz CT molecular complexity index is 832. The molecule has 3 aromatic rings. The Morgan fingerprint density at radius 2 is 1.81 bits per heavy atom. The fourth-order valence-electron chi connectivity index (χ4n) is 2.34. The van der Waals surface area contributed by atoms with Gasteiger partial charge in [0.2, 0.25) is 12.3 Å². The van der Waals surface area contributed by atoms with Gasteiger partial charge in [-0.2, -0.15) is 4.57 Å². The molecule has 104 valence electrons. The van der Waals surface area contributed by atoms with Crippen LogP contribution in [-0.2, 0) is 6.54 Å². The Morgan fingerprint density at radius 3 is 2.57 bits per heavy atom. The number of carbonyl (C=O) groups excluding carboxylic acids is 1. The molecule has 0 aliphatic heterocycles. The van der Waals surface area contributed by atoms with Gasteiger partial charge in [-0.25, -0.2) is 4.39 Å². The highest BCUT2D eigenvalue weighted by atomic mass is 79.9. The molecule has 1 aromatic heterocycles. The van der Waals surface area contributed by atoms with Crippen LogP contribution in [0.2, 0.25) is 0 Å². The summed E-state index contributed by atoms with van der Waals surface area (Å²) in [7, 11) is 0. The third-order valence-corrected chi connectivity index (χ3v) is 3.79. The molecule has 0 bridgehead atoms. The molecule has 2 nitrogen and oxygen atoms in total. The lowest BCUT2D eigenvalue weighted by atomic mass is 10.0. The van der Waals surface area contributed by atoms with Gasteiger partial charge < -0.3 is 0 Å². The van der Waals surface area contributed by atoms with Crippen LogP contribution in [0.5, 0.6) is 0 Å². The van der Waals surface area contributed by atoms with Crippen molar-refractivity contribution in [3.63, 3.8) is 0 Å². The zero-order valence-electron chi connectivity index (χ0n) is 11.1.